The maximum Gasteiger partial charge on any atom is 0.293 e. The number of anilines is 1. The topological polar surface area (TPSA) is 128 Å². The van der Waals surface area contributed by atoms with Crippen LogP contribution in [0.1, 0.15) is 13.8 Å². The van der Waals surface area contributed by atoms with Gasteiger partial charge in [0.1, 0.15) is 5.69 Å². The van der Waals surface area contributed by atoms with Gasteiger partial charge in [-0.05, 0) is 18.1 Å². The second kappa shape index (κ2) is 8.09. The number of benzene rings is 1. The molecule has 0 aliphatic carbocycles. The summed E-state index contributed by atoms with van der Waals surface area (Å²) < 4.78 is 28.4. The molecule has 3 N–H and O–H groups in total. The molecule has 1 unspecified atom stereocenters. The minimum Gasteiger partial charge on any atom is -0.377 e. The van der Waals surface area contributed by atoms with E-state index in [4.69, 9.17) is 9.88 Å². The number of nitro benzene ring substituents is 1. The summed E-state index contributed by atoms with van der Waals surface area (Å²) in [7, 11) is -4.00. The standard InChI is InChI=1S/C15H23N4O5S/c1-11(2)9-18-5-6-24-12(10-18)8-17-14-4-3-13(25(16,22)23)7-15(14)19(20)21/h3-4,7,12,17H,5-6,8-10H2,1-2H3,(H2,16,22,23). The van der Waals surface area contributed by atoms with Gasteiger partial charge in [0.25, 0.3) is 5.69 Å². The Hall–Kier alpha value is -1.75. The van der Waals surface area contributed by atoms with Gasteiger partial charge in [-0.1, -0.05) is 13.8 Å². The van der Waals surface area contributed by atoms with Gasteiger partial charge in [-0.3, -0.25) is 15.0 Å². The van der Waals surface area contributed by atoms with E-state index in [9.17, 15) is 18.5 Å². The van der Waals surface area contributed by atoms with E-state index in [1.54, 1.807) is 0 Å². The molecule has 139 valence electrons. The molecule has 25 heavy (non-hydrogen) atoms. The van der Waals surface area contributed by atoms with Gasteiger partial charge < -0.3 is 10.1 Å². The van der Waals surface area contributed by atoms with Crippen LogP contribution in [-0.2, 0) is 14.8 Å². The average molecular weight is 371 g/mol. The molecule has 1 saturated heterocycles. The maximum atomic E-state index is 11.4. The van der Waals surface area contributed by atoms with E-state index >= 15 is 0 Å². The fraction of sp³-hybridized carbons (Fsp3) is 0.533. The van der Waals surface area contributed by atoms with Crippen molar-refractivity contribution in [3.63, 3.8) is 0 Å². The third-order valence-corrected chi connectivity index (χ3v) is 4.69. The molecule has 1 aromatic rings. The van der Waals surface area contributed by atoms with Crippen LogP contribution in [0, 0.1) is 16.0 Å². The molecule has 0 saturated carbocycles. The Kier molecular flexibility index (Phi) is 6.33. The molecule has 1 fully saturated rings. The summed E-state index contributed by atoms with van der Waals surface area (Å²) in [5.41, 5.74) is -0.103. The lowest BCUT2D eigenvalue weighted by atomic mass is 10.1. The van der Waals surface area contributed by atoms with Crippen molar-refractivity contribution in [2.45, 2.75) is 24.8 Å². The quantitative estimate of drug-likeness (QED) is 0.540. The van der Waals surface area contributed by atoms with Crippen LogP contribution in [0.3, 0.4) is 0 Å². The van der Waals surface area contributed by atoms with Crippen molar-refractivity contribution in [3.8, 4) is 0 Å². The number of primary sulfonamides is 1. The number of morpholine rings is 1. The predicted molar refractivity (Wildman–Crippen MR) is 93.7 cm³/mol. The molecule has 1 radical (unpaired) electrons. The van der Waals surface area contributed by atoms with E-state index in [0.29, 0.717) is 13.2 Å². The Morgan fingerprint density at radius 2 is 2.20 bits per heavy atom. The van der Waals surface area contributed by atoms with Crippen LogP contribution in [0.15, 0.2) is 23.1 Å². The molecule has 1 heterocycles. The Balaban J connectivity index is 2.06. The monoisotopic (exact) mass is 371 g/mol. The first-order chi connectivity index (χ1) is 11.7. The lowest BCUT2D eigenvalue weighted by Gasteiger charge is -2.34. The number of hydrogen-bond acceptors (Lipinski definition) is 7. The number of rotatable bonds is 7. The van der Waals surface area contributed by atoms with Crippen LogP contribution in [0.5, 0.6) is 0 Å². The Morgan fingerprint density at radius 3 is 2.80 bits per heavy atom. The van der Waals surface area contributed by atoms with E-state index in [1.807, 2.05) is 0 Å². The van der Waals surface area contributed by atoms with Crippen LogP contribution < -0.4 is 10.5 Å². The van der Waals surface area contributed by atoms with E-state index < -0.39 is 14.9 Å². The zero-order chi connectivity index (χ0) is 18.6. The Morgan fingerprint density at radius 1 is 1.48 bits per heavy atom. The number of nitro groups is 1. The minimum atomic E-state index is -4.00. The summed E-state index contributed by atoms with van der Waals surface area (Å²) in [6.07, 6.45) is -0.106. The van der Waals surface area contributed by atoms with E-state index in [-0.39, 0.29) is 22.4 Å². The molecular weight excluding hydrogens is 348 g/mol. The van der Waals surface area contributed by atoms with E-state index in [1.165, 1.54) is 18.1 Å². The molecule has 0 amide bonds. The zero-order valence-electron chi connectivity index (χ0n) is 14.3. The SMILES string of the molecule is C[C](C)CN1CCOC(CNc2ccc(S(N)(=O)=O)cc2[N+](=O)[O-])C1. The number of nitrogens with zero attached hydrogens (tertiary/aromatic N) is 2. The first-order valence-electron chi connectivity index (χ1n) is 7.85. The Bertz CT molecular complexity index is 723. The highest BCUT2D eigenvalue weighted by Gasteiger charge is 2.23. The van der Waals surface area contributed by atoms with Crippen molar-refractivity contribution in [1.82, 2.24) is 4.90 Å². The predicted octanol–water partition coefficient (Wildman–Crippen LogP) is 0.969. The first-order valence-corrected chi connectivity index (χ1v) is 9.39. The lowest BCUT2D eigenvalue weighted by Crippen LogP contribution is -2.46. The summed E-state index contributed by atoms with van der Waals surface area (Å²) in [5.74, 6) is 1.31. The second-order valence-electron chi connectivity index (χ2n) is 6.30. The smallest absolute Gasteiger partial charge is 0.293 e. The van der Waals surface area contributed by atoms with Crippen molar-refractivity contribution < 1.29 is 18.1 Å². The van der Waals surface area contributed by atoms with Crippen molar-refractivity contribution in [2.24, 2.45) is 5.14 Å². The molecule has 1 aliphatic rings. The van der Waals surface area contributed by atoms with Crippen molar-refractivity contribution >= 4 is 21.4 Å². The average Bonchev–Trinajstić information content (AvgIpc) is 2.51. The molecule has 9 nitrogen and oxygen atoms in total. The summed E-state index contributed by atoms with van der Waals surface area (Å²) >= 11 is 0. The molecular formula is C15H23N4O5S. The summed E-state index contributed by atoms with van der Waals surface area (Å²) in [5, 5.41) is 19.2. The van der Waals surface area contributed by atoms with Gasteiger partial charge in [0.15, 0.2) is 0 Å². The molecule has 0 spiro atoms. The zero-order valence-corrected chi connectivity index (χ0v) is 15.1. The highest BCUT2D eigenvalue weighted by molar-refractivity contribution is 7.89. The molecule has 0 bridgehead atoms. The molecule has 1 aromatic carbocycles. The fourth-order valence-corrected chi connectivity index (χ4v) is 3.24. The summed E-state index contributed by atoms with van der Waals surface area (Å²) in [6.45, 7) is 7.59. The second-order valence-corrected chi connectivity index (χ2v) is 7.86. The van der Waals surface area contributed by atoms with Gasteiger partial charge >= 0.3 is 0 Å². The van der Waals surface area contributed by atoms with Crippen molar-refractivity contribution in [3.05, 3.63) is 34.2 Å². The van der Waals surface area contributed by atoms with Crippen LogP contribution in [0.2, 0.25) is 0 Å². The van der Waals surface area contributed by atoms with Crippen LogP contribution in [0.25, 0.3) is 0 Å². The Labute approximate surface area is 147 Å². The first kappa shape index (κ1) is 19.6. The summed E-state index contributed by atoms with van der Waals surface area (Å²) in [6, 6.07) is 3.55. The van der Waals surface area contributed by atoms with Crippen molar-refractivity contribution in [1.29, 1.82) is 0 Å². The third-order valence-electron chi connectivity index (χ3n) is 3.78. The van der Waals surface area contributed by atoms with Crippen LogP contribution >= 0.6 is 0 Å². The molecule has 1 aliphatic heterocycles. The van der Waals surface area contributed by atoms with Gasteiger partial charge in [0.2, 0.25) is 10.0 Å². The van der Waals surface area contributed by atoms with Gasteiger partial charge in [0, 0.05) is 32.2 Å². The highest BCUT2D eigenvalue weighted by atomic mass is 32.2. The largest absolute Gasteiger partial charge is 0.377 e. The number of ether oxygens (including phenoxy) is 1. The van der Waals surface area contributed by atoms with Crippen LogP contribution in [-0.4, -0.2) is 57.1 Å². The van der Waals surface area contributed by atoms with E-state index in [2.05, 4.69) is 24.1 Å². The summed E-state index contributed by atoms with van der Waals surface area (Å²) in [4.78, 5) is 12.5. The molecule has 1 atom stereocenters. The van der Waals surface area contributed by atoms with Gasteiger partial charge in [-0.2, -0.15) is 0 Å². The number of sulfonamides is 1. The molecule has 10 heteroatoms. The number of nitrogens with one attached hydrogen (secondary N) is 1. The molecule has 0 aromatic heterocycles. The van der Waals surface area contributed by atoms with Crippen molar-refractivity contribution in [2.75, 3.05) is 38.1 Å². The van der Waals surface area contributed by atoms with Gasteiger partial charge in [-0.25, -0.2) is 13.6 Å². The number of nitrogens with two attached hydrogens (primary N) is 1. The fourth-order valence-electron chi connectivity index (χ4n) is 2.71. The molecule has 2 rings (SSSR count). The number of hydrogen-bond donors (Lipinski definition) is 2. The van der Waals surface area contributed by atoms with Gasteiger partial charge in [0.05, 0.1) is 22.5 Å². The highest BCUT2D eigenvalue weighted by Crippen LogP contribution is 2.27. The van der Waals surface area contributed by atoms with E-state index in [0.717, 1.165) is 25.7 Å². The lowest BCUT2D eigenvalue weighted by molar-refractivity contribution is -0.384. The minimum absolute atomic E-state index is 0.106. The maximum absolute atomic E-state index is 11.4. The normalized spacial score (nSPS) is 19.1. The van der Waals surface area contributed by atoms with Gasteiger partial charge in [-0.15, -0.1) is 0 Å². The third kappa shape index (κ3) is 5.63. The van der Waals surface area contributed by atoms with Crippen LogP contribution in [0.4, 0.5) is 11.4 Å².